The summed E-state index contributed by atoms with van der Waals surface area (Å²) < 4.78 is 2.02. The zero-order valence-electron chi connectivity index (χ0n) is 22.2. The van der Waals surface area contributed by atoms with Gasteiger partial charge in [0.05, 0.1) is 12.4 Å². The van der Waals surface area contributed by atoms with Gasteiger partial charge in [0, 0.05) is 83.6 Å². The molecule has 3 aliphatic rings. The number of hydrogen-bond donors (Lipinski definition) is 0. The quantitative estimate of drug-likeness (QED) is 0.506. The van der Waals surface area contributed by atoms with Crippen LogP contribution in [0.5, 0.6) is 0 Å². The molecule has 3 aromatic rings. The first kappa shape index (κ1) is 26.1. The van der Waals surface area contributed by atoms with E-state index in [9.17, 15) is 9.59 Å². The Morgan fingerprint density at radius 1 is 0.737 bits per heavy atom. The predicted molar refractivity (Wildman–Crippen MR) is 147 cm³/mol. The Hall–Kier alpha value is -3.49. The largest absolute Gasteiger partial charge is 0.337 e. The SMILES string of the molecule is CN1CCN(C2CC(=O)N(Cc3ccccc3)C2)CC1.O=C1CC(n2ccnc2)CN1Cc1ccccc1. The van der Waals surface area contributed by atoms with Gasteiger partial charge in [-0.1, -0.05) is 60.7 Å². The second-order valence-electron chi connectivity index (χ2n) is 10.6. The fourth-order valence-corrected chi connectivity index (χ4v) is 5.53. The van der Waals surface area contributed by atoms with Gasteiger partial charge in [-0.25, -0.2) is 4.98 Å². The Balaban J connectivity index is 0.000000156. The monoisotopic (exact) mass is 514 g/mol. The molecular weight excluding hydrogens is 476 g/mol. The molecule has 6 rings (SSSR count). The molecule has 38 heavy (non-hydrogen) atoms. The van der Waals surface area contributed by atoms with E-state index >= 15 is 0 Å². The molecule has 2 unspecified atom stereocenters. The number of likely N-dealkylation sites (tertiary alicyclic amines) is 2. The van der Waals surface area contributed by atoms with Crippen molar-refractivity contribution in [2.75, 3.05) is 46.3 Å². The number of nitrogens with zero attached hydrogens (tertiary/aromatic N) is 6. The molecule has 3 fully saturated rings. The Kier molecular flexibility index (Phi) is 8.51. The van der Waals surface area contributed by atoms with Crippen LogP contribution >= 0.6 is 0 Å². The van der Waals surface area contributed by atoms with Crippen LogP contribution in [0.15, 0.2) is 79.4 Å². The number of amides is 2. The molecule has 0 bridgehead atoms. The number of carbonyl (C=O) groups is 2. The summed E-state index contributed by atoms with van der Waals surface area (Å²) in [4.78, 5) is 37.0. The van der Waals surface area contributed by atoms with E-state index in [2.05, 4.69) is 46.1 Å². The first-order chi connectivity index (χ1) is 18.5. The number of hydrogen-bond acceptors (Lipinski definition) is 5. The van der Waals surface area contributed by atoms with E-state index in [0.717, 1.165) is 45.8 Å². The molecule has 8 nitrogen and oxygen atoms in total. The van der Waals surface area contributed by atoms with Crippen molar-refractivity contribution in [2.24, 2.45) is 0 Å². The fraction of sp³-hybridized carbons (Fsp3) is 0.433. The highest BCUT2D eigenvalue weighted by Crippen LogP contribution is 2.24. The maximum absolute atomic E-state index is 12.2. The van der Waals surface area contributed by atoms with Crippen LogP contribution in [-0.2, 0) is 22.7 Å². The number of imidazole rings is 1. The zero-order chi connectivity index (χ0) is 26.3. The molecule has 2 amide bonds. The molecule has 2 atom stereocenters. The smallest absolute Gasteiger partial charge is 0.225 e. The summed E-state index contributed by atoms with van der Waals surface area (Å²) in [5.41, 5.74) is 2.40. The molecule has 0 N–H and O–H groups in total. The van der Waals surface area contributed by atoms with Gasteiger partial charge in [-0.05, 0) is 18.2 Å². The number of rotatable bonds is 6. The van der Waals surface area contributed by atoms with E-state index in [4.69, 9.17) is 0 Å². The lowest BCUT2D eigenvalue weighted by Gasteiger charge is -2.36. The molecule has 0 saturated carbocycles. The Morgan fingerprint density at radius 3 is 1.79 bits per heavy atom. The lowest BCUT2D eigenvalue weighted by molar-refractivity contribution is -0.129. The van der Waals surface area contributed by atoms with E-state index in [1.54, 1.807) is 12.5 Å². The topological polar surface area (TPSA) is 64.9 Å². The minimum atomic E-state index is 0.220. The normalized spacial score (nSPS) is 22.6. The van der Waals surface area contributed by atoms with Crippen molar-refractivity contribution in [2.45, 2.75) is 38.0 Å². The third-order valence-electron chi connectivity index (χ3n) is 7.82. The zero-order valence-corrected chi connectivity index (χ0v) is 22.2. The van der Waals surface area contributed by atoms with Gasteiger partial charge in [-0.2, -0.15) is 0 Å². The van der Waals surface area contributed by atoms with Crippen molar-refractivity contribution in [3.05, 3.63) is 90.5 Å². The fourth-order valence-electron chi connectivity index (χ4n) is 5.53. The van der Waals surface area contributed by atoms with Crippen LogP contribution in [0.4, 0.5) is 0 Å². The summed E-state index contributed by atoms with van der Waals surface area (Å²) in [6.45, 7) is 7.52. The number of aromatic nitrogens is 2. The summed E-state index contributed by atoms with van der Waals surface area (Å²) in [6.07, 6.45) is 6.72. The number of benzene rings is 2. The van der Waals surface area contributed by atoms with Crippen molar-refractivity contribution in [1.82, 2.24) is 29.2 Å². The molecule has 1 aromatic heterocycles. The van der Waals surface area contributed by atoms with Crippen molar-refractivity contribution in [3.63, 3.8) is 0 Å². The molecule has 3 saturated heterocycles. The molecule has 0 aliphatic carbocycles. The lowest BCUT2D eigenvalue weighted by Crippen LogP contribution is -2.49. The Morgan fingerprint density at radius 2 is 1.26 bits per heavy atom. The third-order valence-corrected chi connectivity index (χ3v) is 7.82. The summed E-state index contributed by atoms with van der Waals surface area (Å²) >= 11 is 0. The first-order valence-electron chi connectivity index (χ1n) is 13.6. The molecular formula is C30H38N6O2. The van der Waals surface area contributed by atoms with Crippen LogP contribution in [0, 0.1) is 0 Å². The minimum absolute atomic E-state index is 0.220. The van der Waals surface area contributed by atoms with Gasteiger partial charge < -0.3 is 19.3 Å². The van der Waals surface area contributed by atoms with Crippen LogP contribution in [-0.4, -0.2) is 93.3 Å². The van der Waals surface area contributed by atoms with Gasteiger partial charge in [0.15, 0.2) is 0 Å². The van der Waals surface area contributed by atoms with Crippen molar-refractivity contribution in [1.29, 1.82) is 0 Å². The van der Waals surface area contributed by atoms with E-state index in [-0.39, 0.29) is 11.9 Å². The summed E-state index contributed by atoms with van der Waals surface area (Å²) in [5.74, 6) is 0.523. The number of likely N-dealkylation sites (N-methyl/N-ethyl adjacent to an activating group) is 1. The second-order valence-corrected chi connectivity index (χ2v) is 10.6. The Bertz CT molecular complexity index is 1160. The van der Waals surface area contributed by atoms with Crippen molar-refractivity contribution >= 4 is 11.8 Å². The van der Waals surface area contributed by atoms with E-state index in [0.29, 0.717) is 31.3 Å². The summed E-state index contributed by atoms with van der Waals surface area (Å²) in [7, 11) is 2.17. The van der Waals surface area contributed by atoms with Crippen LogP contribution in [0.1, 0.15) is 30.0 Å². The van der Waals surface area contributed by atoms with E-state index < -0.39 is 0 Å². The van der Waals surface area contributed by atoms with Gasteiger partial charge >= 0.3 is 0 Å². The van der Waals surface area contributed by atoms with Crippen molar-refractivity contribution < 1.29 is 9.59 Å². The highest BCUT2D eigenvalue weighted by molar-refractivity contribution is 5.79. The Labute approximate surface area is 225 Å². The number of carbonyl (C=O) groups excluding carboxylic acids is 2. The van der Waals surface area contributed by atoms with Gasteiger partial charge in [0.25, 0.3) is 0 Å². The van der Waals surface area contributed by atoms with Crippen LogP contribution in [0.3, 0.4) is 0 Å². The molecule has 2 aromatic carbocycles. The van der Waals surface area contributed by atoms with E-state index in [1.807, 2.05) is 57.0 Å². The van der Waals surface area contributed by atoms with Gasteiger partial charge in [-0.3, -0.25) is 14.5 Å². The molecule has 3 aliphatic heterocycles. The van der Waals surface area contributed by atoms with Gasteiger partial charge in [-0.15, -0.1) is 0 Å². The maximum atomic E-state index is 12.2. The lowest BCUT2D eigenvalue weighted by atomic mass is 10.2. The van der Waals surface area contributed by atoms with Crippen LogP contribution in [0.2, 0.25) is 0 Å². The third kappa shape index (κ3) is 6.68. The summed E-state index contributed by atoms with van der Waals surface area (Å²) in [5, 5.41) is 0. The maximum Gasteiger partial charge on any atom is 0.225 e. The predicted octanol–water partition coefficient (Wildman–Crippen LogP) is 2.89. The molecule has 200 valence electrons. The highest BCUT2D eigenvalue weighted by atomic mass is 16.2. The summed E-state index contributed by atoms with van der Waals surface area (Å²) in [6, 6.07) is 21.0. The van der Waals surface area contributed by atoms with Gasteiger partial charge in [0.1, 0.15) is 0 Å². The second kappa shape index (κ2) is 12.4. The van der Waals surface area contributed by atoms with Crippen molar-refractivity contribution in [3.8, 4) is 0 Å². The first-order valence-corrected chi connectivity index (χ1v) is 13.6. The molecule has 0 spiro atoms. The van der Waals surface area contributed by atoms with Gasteiger partial charge in [0.2, 0.25) is 11.8 Å². The standard InChI is InChI=1S/C16H23N3O.C14H15N3O/c1-17-7-9-18(10-8-17)15-11-16(20)19(13-15)12-14-5-3-2-4-6-14;18-14-8-13(16-7-6-15-11-16)10-17(14)9-12-4-2-1-3-5-12/h2-6,15H,7-13H2,1H3;1-7,11,13H,8-10H2. The molecule has 4 heterocycles. The van der Waals surface area contributed by atoms with Crippen LogP contribution < -0.4 is 0 Å². The average molecular weight is 515 g/mol. The molecule has 0 radical (unpaired) electrons. The average Bonchev–Trinajstić information content (AvgIpc) is 3.68. The van der Waals surface area contributed by atoms with Crippen LogP contribution in [0.25, 0.3) is 0 Å². The number of piperazine rings is 1. The highest BCUT2D eigenvalue weighted by Gasteiger charge is 2.34. The molecule has 8 heteroatoms. The minimum Gasteiger partial charge on any atom is -0.337 e. The van der Waals surface area contributed by atoms with E-state index in [1.165, 1.54) is 11.1 Å².